The van der Waals surface area contributed by atoms with Gasteiger partial charge in [-0.2, -0.15) is 13.2 Å². The molecule has 0 saturated carbocycles. The second-order valence-corrected chi connectivity index (χ2v) is 13.2. The van der Waals surface area contributed by atoms with Crippen LogP contribution in [0.25, 0.3) is 11.1 Å². The summed E-state index contributed by atoms with van der Waals surface area (Å²) in [6.07, 6.45) is -4.63. The van der Waals surface area contributed by atoms with Crippen molar-refractivity contribution in [2.45, 2.75) is 46.2 Å². The summed E-state index contributed by atoms with van der Waals surface area (Å²) in [4.78, 5) is 0. The van der Waals surface area contributed by atoms with Gasteiger partial charge in [-0.05, 0) is 132 Å². The van der Waals surface area contributed by atoms with E-state index in [0.29, 0.717) is 22.6 Å². The smallest absolute Gasteiger partial charge is 0.420 e. The number of fused-ring (bicyclic) bond motifs is 3. The SMILES string of the molecule is Cc1cc(N)ccc1Oc1c(C)cc(C2(c3cc(C)c(Oc4ccc(N)cc4C(F)(F)F)c(C)c3)c3ccccc3-c3ccccc32)cc1C. The number of hydrogen-bond donors (Lipinski definition) is 2. The maximum atomic E-state index is 14.0. The van der Waals surface area contributed by atoms with Crippen LogP contribution in [0.15, 0.2) is 109 Å². The molecule has 6 aromatic rings. The van der Waals surface area contributed by atoms with Crippen LogP contribution in [0.3, 0.4) is 0 Å². The highest BCUT2D eigenvalue weighted by atomic mass is 19.4. The summed E-state index contributed by atoms with van der Waals surface area (Å²) in [6, 6.07) is 34.5. The molecular weight excluding hydrogens is 633 g/mol. The summed E-state index contributed by atoms with van der Waals surface area (Å²) in [6.45, 7) is 9.83. The fourth-order valence-corrected chi connectivity index (χ4v) is 7.54. The molecule has 50 heavy (non-hydrogen) atoms. The normalized spacial score (nSPS) is 13.1. The summed E-state index contributed by atoms with van der Waals surface area (Å²) in [5.41, 5.74) is 21.6. The van der Waals surface area contributed by atoms with Crippen molar-refractivity contribution in [3.8, 4) is 34.1 Å². The van der Waals surface area contributed by atoms with E-state index in [4.69, 9.17) is 20.9 Å². The van der Waals surface area contributed by atoms with Gasteiger partial charge in [-0.1, -0.05) is 72.8 Å². The van der Waals surface area contributed by atoms with Crippen LogP contribution in [0.1, 0.15) is 55.6 Å². The molecule has 7 heteroatoms. The molecular formula is C43H37F3N2O2. The van der Waals surface area contributed by atoms with Crippen molar-refractivity contribution in [1.82, 2.24) is 0 Å². The molecule has 0 atom stereocenters. The molecule has 6 aromatic carbocycles. The Morgan fingerprint density at radius 3 is 1.38 bits per heavy atom. The van der Waals surface area contributed by atoms with Crippen molar-refractivity contribution < 1.29 is 22.6 Å². The van der Waals surface area contributed by atoms with Gasteiger partial charge >= 0.3 is 6.18 Å². The highest BCUT2D eigenvalue weighted by molar-refractivity contribution is 5.86. The lowest BCUT2D eigenvalue weighted by atomic mass is 9.66. The lowest BCUT2D eigenvalue weighted by molar-refractivity contribution is -0.138. The minimum atomic E-state index is -4.63. The van der Waals surface area contributed by atoms with Gasteiger partial charge < -0.3 is 20.9 Å². The Morgan fingerprint density at radius 1 is 0.500 bits per heavy atom. The molecule has 0 aromatic heterocycles. The first kappa shape index (κ1) is 32.8. The predicted molar refractivity (Wildman–Crippen MR) is 194 cm³/mol. The summed E-state index contributed by atoms with van der Waals surface area (Å²) < 4.78 is 54.7. The number of ether oxygens (including phenoxy) is 2. The van der Waals surface area contributed by atoms with Crippen LogP contribution in [0.4, 0.5) is 24.5 Å². The fourth-order valence-electron chi connectivity index (χ4n) is 7.54. The molecule has 0 unspecified atom stereocenters. The topological polar surface area (TPSA) is 70.5 Å². The van der Waals surface area contributed by atoms with Crippen molar-refractivity contribution in [1.29, 1.82) is 0 Å². The van der Waals surface area contributed by atoms with Gasteiger partial charge in [0.2, 0.25) is 0 Å². The maximum absolute atomic E-state index is 14.0. The summed E-state index contributed by atoms with van der Waals surface area (Å²) in [5, 5.41) is 0. The van der Waals surface area contributed by atoms with Gasteiger partial charge in [-0.25, -0.2) is 0 Å². The van der Waals surface area contributed by atoms with Crippen LogP contribution in [-0.2, 0) is 11.6 Å². The number of benzene rings is 6. The minimum Gasteiger partial charge on any atom is -0.457 e. The number of halogens is 3. The highest BCUT2D eigenvalue weighted by Gasteiger charge is 2.47. The number of nitrogen functional groups attached to an aromatic ring is 2. The number of hydrogen-bond acceptors (Lipinski definition) is 4. The van der Waals surface area contributed by atoms with Crippen molar-refractivity contribution in [3.63, 3.8) is 0 Å². The number of anilines is 2. The van der Waals surface area contributed by atoms with E-state index in [2.05, 4.69) is 62.4 Å². The van der Waals surface area contributed by atoms with Crippen LogP contribution < -0.4 is 20.9 Å². The van der Waals surface area contributed by atoms with Crippen molar-refractivity contribution in [2.24, 2.45) is 0 Å². The summed E-state index contributed by atoms with van der Waals surface area (Å²) in [7, 11) is 0. The molecule has 1 aliphatic rings. The van der Waals surface area contributed by atoms with E-state index in [0.717, 1.165) is 67.6 Å². The van der Waals surface area contributed by atoms with Gasteiger partial charge in [0.25, 0.3) is 0 Å². The molecule has 0 bridgehead atoms. The van der Waals surface area contributed by atoms with Crippen LogP contribution in [0.5, 0.6) is 23.0 Å². The van der Waals surface area contributed by atoms with E-state index in [1.165, 1.54) is 12.1 Å². The first-order chi connectivity index (χ1) is 23.8. The van der Waals surface area contributed by atoms with Crippen LogP contribution in [0, 0.1) is 34.6 Å². The minimum absolute atomic E-state index is 0.0135. The number of rotatable bonds is 6. The Hall–Kier alpha value is -5.69. The largest absolute Gasteiger partial charge is 0.457 e. The van der Waals surface area contributed by atoms with Crippen molar-refractivity contribution in [2.75, 3.05) is 11.5 Å². The molecule has 4 nitrogen and oxygen atoms in total. The molecule has 0 heterocycles. The third-order valence-corrected chi connectivity index (χ3v) is 9.67. The molecule has 4 N–H and O–H groups in total. The van der Waals surface area contributed by atoms with E-state index < -0.39 is 17.2 Å². The van der Waals surface area contributed by atoms with Crippen LogP contribution in [0.2, 0.25) is 0 Å². The first-order valence-electron chi connectivity index (χ1n) is 16.4. The summed E-state index contributed by atoms with van der Waals surface area (Å²) in [5.74, 6) is 1.58. The van der Waals surface area contributed by atoms with Gasteiger partial charge in [0, 0.05) is 11.4 Å². The van der Waals surface area contributed by atoms with Gasteiger partial charge in [0.1, 0.15) is 28.6 Å². The van der Waals surface area contributed by atoms with E-state index in [9.17, 15) is 13.2 Å². The average molecular weight is 671 g/mol. The molecule has 252 valence electrons. The highest BCUT2D eigenvalue weighted by Crippen LogP contribution is 2.57. The quantitative estimate of drug-likeness (QED) is 0.173. The van der Waals surface area contributed by atoms with Crippen molar-refractivity contribution in [3.05, 3.63) is 165 Å². The Bertz CT molecular complexity index is 2220. The van der Waals surface area contributed by atoms with E-state index in [1.807, 2.05) is 63.2 Å². The van der Waals surface area contributed by atoms with Gasteiger partial charge in [0.05, 0.1) is 5.41 Å². The Labute approximate surface area is 290 Å². The molecule has 0 aliphatic heterocycles. The Balaban J connectivity index is 1.43. The molecule has 0 fully saturated rings. The zero-order valence-corrected chi connectivity index (χ0v) is 28.5. The lowest BCUT2D eigenvalue weighted by Gasteiger charge is -2.35. The second kappa shape index (κ2) is 12.0. The van der Waals surface area contributed by atoms with Gasteiger partial charge in [0.15, 0.2) is 0 Å². The molecule has 0 spiro atoms. The molecule has 0 amide bonds. The predicted octanol–water partition coefficient (Wildman–Crippen LogP) is 11.4. The Morgan fingerprint density at radius 2 is 0.920 bits per heavy atom. The van der Waals surface area contributed by atoms with Crippen LogP contribution in [-0.4, -0.2) is 0 Å². The first-order valence-corrected chi connectivity index (χ1v) is 16.4. The van der Waals surface area contributed by atoms with Crippen LogP contribution >= 0.6 is 0 Å². The summed E-state index contributed by atoms with van der Waals surface area (Å²) >= 11 is 0. The number of aryl methyl sites for hydroxylation is 5. The lowest BCUT2D eigenvalue weighted by Crippen LogP contribution is -2.29. The standard InChI is InChI=1S/C43H37F3N2O2/c1-24-22-31(47)14-16-38(24)49-40-25(2)18-29(19-26(40)3)42(35-12-8-6-10-33(35)34-11-7-9-13-36(34)42)30-20-27(4)41(28(5)21-30)50-39-17-15-32(48)23-37(39)43(44,45)46/h6-23H,47-48H2,1-5H3. The second-order valence-electron chi connectivity index (χ2n) is 13.2. The molecule has 1 aliphatic carbocycles. The fraction of sp³-hybridized carbons (Fsp3) is 0.163. The monoisotopic (exact) mass is 670 g/mol. The molecule has 0 radical (unpaired) electrons. The third-order valence-electron chi connectivity index (χ3n) is 9.67. The Kier molecular flexibility index (Phi) is 7.89. The molecule has 0 saturated heterocycles. The zero-order chi connectivity index (χ0) is 35.5. The third kappa shape index (κ3) is 5.34. The zero-order valence-electron chi connectivity index (χ0n) is 28.5. The average Bonchev–Trinajstić information content (AvgIpc) is 3.36. The van der Waals surface area contributed by atoms with Gasteiger partial charge in [-0.3, -0.25) is 0 Å². The van der Waals surface area contributed by atoms with E-state index in [1.54, 1.807) is 0 Å². The number of nitrogens with two attached hydrogens (primary N) is 2. The molecule has 7 rings (SSSR count). The van der Waals surface area contributed by atoms with E-state index >= 15 is 0 Å². The van der Waals surface area contributed by atoms with E-state index in [-0.39, 0.29) is 11.4 Å². The number of alkyl halides is 3. The maximum Gasteiger partial charge on any atom is 0.420 e. The van der Waals surface area contributed by atoms with Crippen molar-refractivity contribution >= 4 is 11.4 Å². The van der Waals surface area contributed by atoms with Gasteiger partial charge in [-0.15, -0.1) is 0 Å².